The van der Waals surface area contributed by atoms with Crippen molar-refractivity contribution in [1.29, 1.82) is 0 Å². The number of rotatable bonds is 6. The number of carbonyl (C=O) groups is 2. The molecular weight excluding hydrogens is 412 g/mol. The zero-order valence-corrected chi connectivity index (χ0v) is 19.2. The first-order valence-corrected chi connectivity index (χ1v) is 11.4. The van der Waals surface area contributed by atoms with Crippen LogP contribution in [0.5, 0.6) is 5.75 Å². The van der Waals surface area contributed by atoms with E-state index in [1.807, 2.05) is 79.4 Å². The summed E-state index contributed by atoms with van der Waals surface area (Å²) in [5, 5.41) is 3.04. The van der Waals surface area contributed by atoms with Gasteiger partial charge in [-0.25, -0.2) is 0 Å². The number of hydrogen-bond acceptors (Lipinski definition) is 3. The first kappa shape index (κ1) is 22.6. The second-order valence-corrected chi connectivity index (χ2v) is 8.61. The van der Waals surface area contributed by atoms with E-state index in [1.165, 1.54) is 5.56 Å². The molecule has 0 unspecified atom stereocenters. The van der Waals surface area contributed by atoms with Crippen LogP contribution in [0.2, 0.25) is 0 Å². The lowest BCUT2D eigenvalue weighted by Gasteiger charge is -2.32. The number of likely N-dealkylation sites (tertiary alicyclic amines) is 1. The van der Waals surface area contributed by atoms with Crippen molar-refractivity contribution in [3.05, 3.63) is 89.5 Å². The molecule has 1 heterocycles. The molecule has 0 radical (unpaired) electrons. The van der Waals surface area contributed by atoms with Gasteiger partial charge in [0.05, 0.1) is 0 Å². The predicted molar refractivity (Wildman–Crippen MR) is 130 cm³/mol. The topological polar surface area (TPSA) is 58.6 Å². The zero-order valence-electron chi connectivity index (χ0n) is 19.2. The normalized spacial score (nSPS) is 14.1. The quantitative estimate of drug-likeness (QED) is 0.598. The number of amides is 2. The molecule has 1 saturated heterocycles. The predicted octanol–water partition coefficient (Wildman–Crippen LogP) is 4.77. The van der Waals surface area contributed by atoms with Gasteiger partial charge < -0.3 is 15.0 Å². The van der Waals surface area contributed by atoms with Crippen LogP contribution in [0, 0.1) is 13.8 Å². The minimum Gasteiger partial charge on any atom is -0.484 e. The Balaban J connectivity index is 1.24. The molecule has 0 saturated carbocycles. The van der Waals surface area contributed by atoms with Gasteiger partial charge in [0.15, 0.2) is 6.61 Å². The van der Waals surface area contributed by atoms with Crippen molar-refractivity contribution in [1.82, 2.24) is 10.2 Å². The maximum Gasteiger partial charge on any atom is 0.258 e. The zero-order chi connectivity index (χ0) is 23.2. The van der Waals surface area contributed by atoms with Crippen LogP contribution in [0.25, 0.3) is 11.1 Å². The van der Waals surface area contributed by atoms with E-state index in [2.05, 4.69) is 17.4 Å². The number of ether oxygens (including phenoxy) is 1. The van der Waals surface area contributed by atoms with Crippen molar-refractivity contribution in [3.8, 4) is 16.9 Å². The van der Waals surface area contributed by atoms with Crippen LogP contribution >= 0.6 is 0 Å². The first-order chi connectivity index (χ1) is 16.0. The molecule has 5 nitrogen and oxygen atoms in total. The average molecular weight is 443 g/mol. The number of nitrogens with one attached hydrogen (secondary N) is 1. The van der Waals surface area contributed by atoms with Gasteiger partial charge in [-0.15, -0.1) is 0 Å². The molecule has 4 rings (SSSR count). The van der Waals surface area contributed by atoms with E-state index in [9.17, 15) is 9.59 Å². The number of carbonyl (C=O) groups excluding carboxylic acids is 2. The third-order valence-corrected chi connectivity index (χ3v) is 6.23. The summed E-state index contributed by atoms with van der Waals surface area (Å²) in [5.41, 5.74) is 5.25. The monoisotopic (exact) mass is 442 g/mol. The van der Waals surface area contributed by atoms with Gasteiger partial charge in [0.1, 0.15) is 5.75 Å². The number of aryl methyl sites for hydroxylation is 2. The van der Waals surface area contributed by atoms with Crippen LogP contribution in [-0.2, 0) is 4.79 Å². The Morgan fingerprint density at radius 1 is 0.879 bits per heavy atom. The Morgan fingerprint density at radius 3 is 2.21 bits per heavy atom. The standard InChI is InChI=1S/C28H30N2O3/c1-20-8-13-26(18-21(20)2)33-19-27(31)29-25-14-16-30(17-15-25)28(32)24-11-9-23(10-12-24)22-6-4-3-5-7-22/h3-13,18,25H,14-17,19H2,1-2H3,(H,29,31). The van der Waals surface area contributed by atoms with E-state index < -0.39 is 0 Å². The summed E-state index contributed by atoms with van der Waals surface area (Å²) in [6.45, 7) is 5.32. The SMILES string of the molecule is Cc1ccc(OCC(=O)NC2CCN(C(=O)c3ccc(-c4ccccc4)cc3)CC2)cc1C. The van der Waals surface area contributed by atoms with Gasteiger partial charge in [-0.1, -0.05) is 48.5 Å². The smallest absolute Gasteiger partial charge is 0.258 e. The van der Waals surface area contributed by atoms with E-state index in [1.54, 1.807) is 0 Å². The minimum atomic E-state index is -0.130. The van der Waals surface area contributed by atoms with Gasteiger partial charge in [-0.2, -0.15) is 0 Å². The molecule has 0 bridgehead atoms. The maximum absolute atomic E-state index is 12.9. The molecule has 1 aliphatic rings. The molecule has 2 amide bonds. The van der Waals surface area contributed by atoms with E-state index in [4.69, 9.17) is 4.74 Å². The van der Waals surface area contributed by atoms with Gasteiger partial charge in [0.2, 0.25) is 0 Å². The number of benzene rings is 3. The van der Waals surface area contributed by atoms with Crippen molar-refractivity contribution >= 4 is 11.8 Å². The maximum atomic E-state index is 12.9. The molecule has 1 N–H and O–H groups in total. The largest absolute Gasteiger partial charge is 0.484 e. The molecule has 33 heavy (non-hydrogen) atoms. The van der Waals surface area contributed by atoms with Crippen LogP contribution in [0.1, 0.15) is 34.3 Å². The fourth-order valence-electron chi connectivity index (χ4n) is 4.07. The Morgan fingerprint density at radius 2 is 1.55 bits per heavy atom. The Kier molecular flexibility index (Phi) is 7.08. The Hall–Kier alpha value is -3.60. The Bertz CT molecular complexity index is 1100. The van der Waals surface area contributed by atoms with E-state index >= 15 is 0 Å². The molecule has 0 spiro atoms. The van der Waals surface area contributed by atoms with Gasteiger partial charge in [0.25, 0.3) is 11.8 Å². The highest BCUT2D eigenvalue weighted by atomic mass is 16.5. The summed E-state index contributed by atoms with van der Waals surface area (Å²) in [6.07, 6.45) is 1.48. The van der Waals surface area contributed by atoms with Crippen LogP contribution in [-0.4, -0.2) is 42.5 Å². The van der Waals surface area contributed by atoms with Crippen LogP contribution < -0.4 is 10.1 Å². The molecular formula is C28H30N2O3. The lowest BCUT2D eigenvalue weighted by molar-refractivity contribution is -0.124. The van der Waals surface area contributed by atoms with Crippen LogP contribution in [0.3, 0.4) is 0 Å². The highest BCUT2D eigenvalue weighted by molar-refractivity contribution is 5.94. The lowest BCUT2D eigenvalue weighted by Crippen LogP contribution is -2.47. The summed E-state index contributed by atoms with van der Waals surface area (Å²) in [7, 11) is 0. The van der Waals surface area contributed by atoms with Gasteiger partial charge in [-0.05, 0) is 73.2 Å². The summed E-state index contributed by atoms with van der Waals surface area (Å²) in [6, 6.07) is 23.8. The first-order valence-electron chi connectivity index (χ1n) is 11.4. The van der Waals surface area contributed by atoms with E-state index in [0.29, 0.717) is 24.4 Å². The number of piperidine rings is 1. The fourth-order valence-corrected chi connectivity index (χ4v) is 4.07. The third kappa shape index (κ3) is 5.80. The molecule has 5 heteroatoms. The fraction of sp³-hybridized carbons (Fsp3) is 0.286. The van der Waals surface area contributed by atoms with Crippen molar-refractivity contribution in [2.24, 2.45) is 0 Å². The van der Waals surface area contributed by atoms with Gasteiger partial charge >= 0.3 is 0 Å². The highest BCUT2D eigenvalue weighted by Crippen LogP contribution is 2.21. The summed E-state index contributed by atoms with van der Waals surface area (Å²) in [5.74, 6) is 0.610. The van der Waals surface area contributed by atoms with Crippen LogP contribution in [0.4, 0.5) is 0 Å². The second kappa shape index (κ2) is 10.3. The summed E-state index contributed by atoms with van der Waals surface area (Å²) in [4.78, 5) is 27.1. The van der Waals surface area contributed by atoms with Gasteiger partial charge in [-0.3, -0.25) is 9.59 Å². The molecule has 0 atom stereocenters. The Labute approximate surface area is 195 Å². The molecule has 0 aromatic heterocycles. The lowest BCUT2D eigenvalue weighted by atomic mass is 10.0. The van der Waals surface area contributed by atoms with Gasteiger partial charge in [0, 0.05) is 24.7 Å². The summed E-state index contributed by atoms with van der Waals surface area (Å²) < 4.78 is 5.63. The second-order valence-electron chi connectivity index (χ2n) is 8.61. The van der Waals surface area contributed by atoms with Crippen molar-refractivity contribution < 1.29 is 14.3 Å². The molecule has 1 aliphatic heterocycles. The molecule has 3 aromatic carbocycles. The average Bonchev–Trinajstić information content (AvgIpc) is 2.85. The summed E-state index contributed by atoms with van der Waals surface area (Å²) >= 11 is 0. The molecule has 170 valence electrons. The number of nitrogens with zero attached hydrogens (tertiary/aromatic N) is 1. The van der Waals surface area contributed by atoms with E-state index in [-0.39, 0.29) is 24.5 Å². The van der Waals surface area contributed by atoms with Crippen molar-refractivity contribution in [3.63, 3.8) is 0 Å². The highest BCUT2D eigenvalue weighted by Gasteiger charge is 2.24. The van der Waals surface area contributed by atoms with Crippen molar-refractivity contribution in [2.75, 3.05) is 19.7 Å². The molecule has 0 aliphatic carbocycles. The minimum absolute atomic E-state index is 0.00455. The number of hydrogen-bond donors (Lipinski definition) is 1. The molecule has 1 fully saturated rings. The van der Waals surface area contributed by atoms with Crippen molar-refractivity contribution in [2.45, 2.75) is 32.7 Å². The van der Waals surface area contributed by atoms with E-state index in [0.717, 1.165) is 29.5 Å². The van der Waals surface area contributed by atoms with Crippen LogP contribution in [0.15, 0.2) is 72.8 Å². The molecule has 3 aromatic rings. The third-order valence-electron chi connectivity index (χ3n) is 6.23.